The van der Waals surface area contributed by atoms with E-state index in [1.54, 1.807) is 12.3 Å². The van der Waals surface area contributed by atoms with Gasteiger partial charge in [-0.05, 0) is 67.7 Å². The average Bonchev–Trinajstić information content (AvgIpc) is 3.72. The van der Waals surface area contributed by atoms with E-state index in [0.29, 0.717) is 28.6 Å². The first-order chi connectivity index (χ1) is 19.5. The van der Waals surface area contributed by atoms with Crippen molar-refractivity contribution in [2.45, 2.75) is 39.0 Å². The fourth-order valence-corrected chi connectivity index (χ4v) is 6.03. The third-order valence-corrected chi connectivity index (χ3v) is 8.31. The number of nitrogens with zero attached hydrogens (tertiary/aromatic N) is 4. The van der Waals surface area contributed by atoms with Gasteiger partial charge >= 0.3 is 0 Å². The Hall–Kier alpha value is -4.37. The van der Waals surface area contributed by atoms with E-state index in [1.807, 2.05) is 25.3 Å². The lowest BCUT2D eigenvalue weighted by atomic mass is 9.87. The van der Waals surface area contributed by atoms with E-state index in [0.717, 1.165) is 55.3 Å². The maximum absolute atomic E-state index is 13.7. The molecule has 5 aromatic heterocycles. The Labute approximate surface area is 235 Å². The lowest BCUT2D eigenvalue weighted by Crippen LogP contribution is -2.20. The second kappa shape index (κ2) is 11.0. The van der Waals surface area contributed by atoms with Crippen LogP contribution < -0.4 is 5.32 Å². The molecule has 0 amide bonds. The Kier molecular flexibility index (Phi) is 7.13. The van der Waals surface area contributed by atoms with Crippen LogP contribution in [0, 0.1) is 11.0 Å². The van der Waals surface area contributed by atoms with Gasteiger partial charge in [-0.1, -0.05) is 38.5 Å². The first-order valence-electron chi connectivity index (χ1n) is 13.5. The number of H-pyrrole nitrogens is 2. The van der Waals surface area contributed by atoms with E-state index in [1.165, 1.54) is 38.2 Å². The molecule has 1 aliphatic carbocycles. The van der Waals surface area contributed by atoms with E-state index in [9.17, 15) is 4.39 Å². The van der Waals surface area contributed by atoms with E-state index >= 15 is 0 Å². The lowest BCUT2D eigenvalue weighted by Gasteiger charge is -2.25. The molecule has 40 heavy (non-hydrogen) atoms. The van der Waals surface area contributed by atoms with Crippen LogP contribution in [0.3, 0.4) is 0 Å². The molecule has 7 nitrogen and oxygen atoms in total. The number of aromatic amines is 2. The van der Waals surface area contributed by atoms with Gasteiger partial charge in [0.25, 0.3) is 0 Å². The molecule has 0 saturated heterocycles. The van der Waals surface area contributed by atoms with Crippen LogP contribution >= 0.6 is 11.3 Å². The summed E-state index contributed by atoms with van der Waals surface area (Å²) in [5, 5.41) is 11.6. The predicted octanol–water partition coefficient (Wildman–Crippen LogP) is 7.92. The van der Waals surface area contributed by atoms with Gasteiger partial charge < -0.3 is 10.3 Å². The van der Waals surface area contributed by atoms with Crippen LogP contribution in [0.4, 0.5) is 4.39 Å². The van der Waals surface area contributed by atoms with Crippen molar-refractivity contribution in [1.82, 2.24) is 35.5 Å². The summed E-state index contributed by atoms with van der Waals surface area (Å²) in [5.41, 5.74) is 7.31. The van der Waals surface area contributed by atoms with E-state index in [-0.39, 0.29) is 5.13 Å². The normalized spacial score (nSPS) is 15.2. The smallest absolute Gasteiger partial charge is 0.181 e. The monoisotopic (exact) mass is 551 g/mol. The average molecular weight is 552 g/mol. The van der Waals surface area contributed by atoms with Crippen molar-refractivity contribution >= 4 is 39.0 Å². The molecule has 9 heteroatoms. The van der Waals surface area contributed by atoms with Crippen molar-refractivity contribution in [2.24, 2.45) is 5.92 Å². The van der Waals surface area contributed by atoms with Crippen molar-refractivity contribution in [2.75, 3.05) is 0 Å². The lowest BCUT2D eigenvalue weighted by molar-refractivity contribution is 0.393. The molecule has 1 saturated carbocycles. The van der Waals surface area contributed by atoms with Gasteiger partial charge in [-0.15, -0.1) is 11.3 Å². The summed E-state index contributed by atoms with van der Waals surface area (Å²) in [5.74, 6) is 1.11. The van der Waals surface area contributed by atoms with Gasteiger partial charge in [0.1, 0.15) is 16.9 Å². The van der Waals surface area contributed by atoms with Gasteiger partial charge in [-0.3, -0.25) is 10.1 Å². The molecule has 0 bridgehead atoms. The second-order valence-electron chi connectivity index (χ2n) is 9.97. The fraction of sp³-hybridized carbons (Fsp3) is 0.226. The maximum Gasteiger partial charge on any atom is 0.181 e. The minimum atomic E-state index is -0.260. The predicted molar refractivity (Wildman–Crippen MR) is 161 cm³/mol. The molecule has 5 aromatic rings. The Bertz CT molecular complexity index is 1780. The van der Waals surface area contributed by atoms with Gasteiger partial charge in [-0.25, -0.2) is 9.97 Å². The summed E-state index contributed by atoms with van der Waals surface area (Å²) in [7, 11) is 0. The van der Waals surface area contributed by atoms with Crippen molar-refractivity contribution in [3.8, 4) is 22.1 Å². The summed E-state index contributed by atoms with van der Waals surface area (Å²) in [6.45, 7) is 10.3. The molecule has 202 valence electrons. The number of halogens is 1. The number of hydrogen-bond donors (Lipinski definition) is 3. The Morgan fingerprint density at radius 2 is 2.02 bits per heavy atom. The van der Waals surface area contributed by atoms with Crippen LogP contribution in [0.1, 0.15) is 44.6 Å². The minimum Gasteiger partial charge on any atom is -0.359 e. The van der Waals surface area contributed by atoms with Crippen LogP contribution in [0.5, 0.6) is 0 Å². The third kappa shape index (κ3) is 5.00. The molecule has 1 fully saturated rings. The zero-order valence-corrected chi connectivity index (χ0v) is 23.1. The molecule has 0 unspecified atom stereocenters. The molecule has 0 spiro atoms. The summed E-state index contributed by atoms with van der Waals surface area (Å²) < 4.78 is 13.7. The first-order valence-corrected chi connectivity index (χ1v) is 14.3. The molecule has 5 heterocycles. The van der Waals surface area contributed by atoms with Crippen molar-refractivity contribution < 1.29 is 4.39 Å². The Balaban J connectivity index is 1.33. The summed E-state index contributed by atoms with van der Waals surface area (Å²) in [4.78, 5) is 18.0. The van der Waals surface area contributed by atoms with Crippen molar-refractivity contribution in [3.63, 3.8) is 0 Å². The standard InChI is InChI=1S/C31H30FN7S/c1-4-19(15-22(5-2)35-18(3)20-9-7-6-8-10-20)21-16-23-27(38-39-30(23)34-17-21)31-36-24-13-14-33-29(28(24)37-31)25-11-12-26(32)40-25/h4-5,11-17,20,35H,2-3,6-10H2,1H3,(H,36,37)(H,34,38,39)/b19-4+,22-15+. The number of hydrogen-bond acceptors (Lipinski definition) is 6. The van der Waals surface area contributed by atoms with Crippen LogP contribution in [0.15, 0.2) is 79.4 Å². The van der Waals surface area contributed by atoms with Crippen LogP contribution in [-0.4, -0.2) is 30.1 Å². The van der Waals surface area contributed by atoms with Gasteiger partial charge in [0.15, 0.2) is 16.6 Å². The van der Waals surface area contributed by atoms with Crippen molar-refractivity contribution in [1.29, 1.82) is 0 Å². The van der Waals surface area contributed by atoms with Gasteiger partial charge in [0.2, 0.25) is 0 Å². The van der Waals surface area contributed by atoms with Crippen molar-refractivity contribution in [3.05, 3.63) is 90.1 Å². The van der Waals surface area contributed by atoms with E-state index < -0.39 is 0 Å². The van der Waals surface area contributed by atoms with Crippen LogP contribution in [0.25, 0.3) is 49.7 Å². The van der Waals surface area contributed by atoms with Gasteiger partial charge in [0, 0.05) is 29.4 Å². The number of rotatable bonds is 8. The maximum atomic E-state index is 13.7. The summed E-state index contributed by atoms with van der Waals surface area (Å²) in [6.07, 6.45) is 15.6. The number of nitrogens with one attached hydrogen (secondary N) is 3. The number of allylic oxidation sites excluding steroid dienone is 5. The zero-order valence-electron chi connectivity index (χ0n) is 22.3. The topological polar surface area (TPSA) is 95.2 Å². The van der Waals surface area contributed by atoms with E-state index in [2.05, 4.69) is 61.8 Å². The molecule has 0 radical (unpaired) electrons. The zero-order chi connectivity index (χ0) is 27.6. The number of thiophene rings is 1. The minimum absolute atomic E-state index is 0.260. The van der Waals surface area contributed by atoms with Gasteiger partial charge in [-0.2, -0.15) is 9.49 Å². The van der Waals surface area contributed by atoms with Crippen LogP contribution in [-0.2, 0) is 0 Å². The summed E-state index contributed by atoms with van der Waals surface area (Å²) in [6, 6.07) is 7.08. The molecule has 6 rings (SSSR count). The number of imidazole rings is 1. The Morgan fingerprint density at radius 3 is 2.77 bits per heavy atom. The number of fused-ring (bicyclic) bond motifs is 2. The van der Waals surface area contributed by atoms with E-state index in [4.69, 9.17) is 4.98 Å². The second-order valence-corrected chi connectivity index (χ2v) is 11.0. The highest BCUT2D eigenvalue weighted by Crippen LogP contribution is 2.34. The highest BCUT2D eigenvalue weighted by molar-refractivity contribution is 7.13. The number of aromatic nitrogens is 6. The molecule has 0 aliphatic heterocycles. The molecule has 0 aromatic carbocycles. The molecular formula is C31H30FN7S. The highest BCUT2D eigenvalue weighted by Gasteiger charge is 2.19. The third-order valence-electron chi connectivity index (χ3n) is 7.43. The first kappa shape index (κ1) is 25.9. The van der Waals surface area contributed by atoms with Crippen LogP contribution in [0.2, 0.25) is 0 Å². The quantitative estimate of drug-likeness (QED) is 0.170. The fourth-order valence-electron chi connectivity index (χ4n) is 5.30. The van der Waals surface area contributed by atoms with Gasteiger partial charge in [0.05, 0.1) is 15.8 Å². The Morgan fingerprint density at radius 1 is 1.18 bits per heavy atom. The molecular weight excluding hydrogens is 521 g/mol. The molecule has 1 aliphatic rings. The largest absolute Gasteiger partial charge is 0.359 e. The summed E-state index contributed by atoms with van der Waals surface area (Å²) >= 11 is 1.05. The molecule has 0 atom stereocenters. The highest BCUT2D eigenvalue weighted by atomic mass is 32.1. The molecule has 3 N–H and O–H groups in total. The SMILES string of the molecule is C=C/C(=C\C(=C/C)c1cnc2n[nH]c(-c3nc4c(-c5ccc(F)s5)nccc4[nH]3)c2c1)NC(=C)C1CCCCC1. The number of pyridine rings is 2.